The first-order chi connectivity index (χ1) is 12.8. The molecule has 0 radical (unpaired) electrons. The highest BCUT2D eigenvalue weighted by Gasteiger charge is 2.20. The van der Waals surface area contributed by atoms with Crippen LogP contribution in [0.25, 0.3) is 0 Å². The molecule has 0 fully saturated rings. The van der Waals surface area contributed by atoms with Crippen LogP contribution in [-0.4, -0.2) is 30.1 Å². The van der Waals surface area contributed by atoms with Gasteiger partial charge in [-0.1, -0.05) is 42.5 Å². The topological polar surface area (TPSA) is 81.1 Å². The van der Waals surface area contributed by atoms with Gasteiger partial charge >= 0.3 is 0 Å². The molecule has 1 atom stereocenters. The molecule has 0 bridgehead atoms. The average Bonchev–Trinajstić information content (AvgIpc) is 3.06. The molecule has 0 unspecified atom stereocenters. The van der Waals surface area contributed by atoms with E-state index in [0.29, 0.717) is 0 Å². The normalized spacial score (nSPS) is 12.5. The lowest BCUT2D eigenvalue weighted by Gasteiger charge is -2.19. The second kappa shape index (κ2) is 7.75. The number of carbonyl (C=O) groups excluding carboxylic acids is 1. The Morgan fingerprint density at radius 2 is 1.78 bits per heavy atom. The second-order valence-corrected chi connectivity index (χ2v) is 8.42. The summed E-state index contributed by atoms with van der Waals surface area (Å²) in [6.45, 7) is 0. The van der Waals surface area contributed by atoms with Gasteiger partial charge < -0.3 is 9.88 Å². The van der Waals surface area contributed by atoms with Gasteiger partial charge in [0.1, 0.15) is 11.9 Å². The Kier molecular flexibility index (Phi) is 5.41. The summed E-state index contributed by atoms with van der Waals surface area (Å²) in [6.07, 6.45) is 4.84. The molecule has 0 saturated carbocycles. The van der Waals surface area contributed by atoms with E-state index in [0.717, 1.165) is 23.2 Å². The van der Waals surface area contributed by atoms with Crippen LogP contribution < -0.4 is 5.32 Å². The number of rotatable bonds is 6. The van der Waals surface area contributed by atoms with Crippen LogP contribution in [-0.2, 0) is 28.1 Å². The highest BCUT2D eigenvalue weighted by Crippen LogP contribution is 2.20. The first-order valence-electron chi connectivity index (χ1n) is 8.45. The third kappa shape index (κ3) is 4.62. The van der Waals surface area contributed by atoms with Crippen molar-refractivity contribution in [2.24, 2.45) is 7.05 Å². The summed E-state index contributed by atoms with van der Waals surface area (Å²) in [5.74, 6) is 0.570. The molecule has 27 heavy (non-hydrogen) atoms. The van der Waals surface area contributed by atoms with Crippen LogP contribution in [0.3, 0.4) is 0 Å². The van der Waals surface area contributed by atoms with Crippen molar-refractivity contribution < 1.29 is 13.2 Å². The van der Waals surface area contributed by atoms with Crippen molar-refractivity contribution in [2.45, 2.75) is 17.4 Å². The van der Waals surface area contributed by atoms with E-state index in [1.165, 1.54) is 12.1 Å². The lowest BCUT2D eigenvalue weighted by Crippen LogP contribution is -2.32. The van der Waals surface area contributed by atoms with Crippen LogP contribution in [0.1, 0.15) is 23.0 Å². The van der Waals surface area contributed by atoms with E-state index >= 15 is 0 Å². The summed E-state index contributed by atoms with van der Waals surface area (Å²) in [7, 11) is -1.37. The van der Waals surface area contributed by atoms with E-state index in [2.05, 4.69) is 10.3 Å². The van der Waals surface area contributed by atoms with E-state index in [9.17, 15) is 13.2 Å². The van der Waals surface area contributed by atoms with Crippen molar-refractivity contribution in [3.8, 4) is 0 Å². The molecule has 3 aromatic rings. The molecule has 0 aliphatic carbocycles. The maximum Gasteiger partial charge on any atom is 0.225 e. The fourth-order valence-electron chi connectivity index (χ4n) is 2.85. The van der Waals surface area contributed by atoms with Crippen molar-refractivity contribution in [3.63, 3.8) is 0 Å². The van der Waals surface area contributed by atoms with E-state index in [1.54, 1.807) is 18.3 Å². The molecule has 1 N–H and O–H groups in total. The van der Waals surface area contributed by atoms with Crippen LogP contribution in [0.4, 0.5) is 0 Å². The number of imidazole rings is 1. The Morgan fingerprint density at radius 3 is 2.33 bits per heavy atom. The predicted molar refractivity (Wildman–Crippen MR) is 103 cm³/mol. The minimum atomic E-state index is -3.25. The highest BCUT2D eigenvalue weighted by atomic mass is 32.2. The fourth-order valence-corrected chi connectivity index (χ4v) is 3.48. The SMILES string of the molecule is Cn1ccnc1[C@@H](NC(=O)Cc1ccc(S(C)(=O)=O)cc1)c1ccccc1. The van der Waals surface area contributed by atoms with Gasteiger partial charge in [0.05, 0.1) is 11.3 Å². The molecule has 1 amide bonds. The summed E-state index contributed by atoms with van der Waals surface area (Å²) < 4.78 is 25.0. The first kappa shape index (κ1) is 18.8. The second-order valence-electron chi connectivity index (χ2n) is 6.40. The molecule has 0 aliphatic rings. The molecule has 140 valence electrons. The maximum atomic E-state index is 12.6. The summed E-state index contributed by atoms with van der Waals surface area (Å²) >= 11 is 0. The molecule has 7 heteroatoms. The third-order valence-electron chi connectivity index (χ3n) is 4.27. The third-order valence-corrected chi connectivity index (χ3v) is 5.40. The van der Waals surface area contributed by atoms with Crippen LogP contribution in [0.5, 0.6) is 0 Å². The lowest BCUT2D eigenvalue weighted by molar-refractivity contribution is -0.121. The van der Waals surface area contributed by atoms with Gasteiger partial charge in [-0.05, 0) is 23.3 Å². The Labute approximate surface area is 158 Å². The Bertz CT molecular complexity index is 1030. The zero-order valence-electron chi connectivity index (χ0n) is 15.2. The van der Waals surface area contributed by atoms with Gasteiger partial charge in [0, 0.05) is 25.7 Å². The fraction of sp³-hybridized carbons (Fsp3) is 0.200. The van der Waals surface area contributed by atoms with Crippen molar-refractivity contribution >= 4 is 15.7 Å². The standard InChI is InChI=1S/C20H21N3O3S/c1-23-13-12-21-20(23)19(16-6-4-3-5-7-16)22-18(24)14-15-8-10-17(11-9-15)27(2,25)26/h3-13,19H,14H2,1-2H3,(H,22,24)/t19-/m0/s1. The Hall–Kier alpha value is -2.93. The van der Waals surface area contributed by atoms with Crippen LogP contribution in [0.2, 0.25) is 0 Å². The monoisotopic (exact) mass is 383 g/mol. The number of nitrogens with zero attached hydrogens (tertiary/aromatic N) is 2. The zero-order valence-corrected chi connectivity index (χ0v) is 16.0. The van der Waals surface area contributed by atoms with Crippen LogP contribution >= 0.6 is 0 Å². The van der Waals surface area contributed by atoms with Crippen LogP contribution in [0, 0.1) is 0 Å². The number of aromatic nitrogens is 2. The highest BCUT2D eigenvalue weighted by molar-refractivity contribution is 7.90. The summed E-state index contributed by atoms with van der Waals surface area (Å²) in [5.41, 5.74) is 1.68. The largest absolute Gasteiger partial charge is 0.342 e. The molecular weight excluding hydrogens is 362 g/mol. The number of nitrogens with one attached hydrogen (secondary N) is 1. The number of sulfone groups is 1. The van der Waals surface area contributed by atoms with Gasteiger partial charge in [-0.15, -0.1) is 0 Å². The number of carbonyl (C=O) groups is 1. The Balaban J connectivity index is 1.78. The number of hydrogen-bond donors (Lipinski definition) is 1. The van der Waals surface area contributed by atoms with E-state index < -0.39 is 9.84 Å². The van der Waals surface area contributed by atoms with E-state index in [-0.39, 0.29) is 23.3 Å². The van der Waals surface area contributed by atoms with E-state index in [4.69, 9.17) is 0 Å². The van der Waals surface area contributed by atoms with Crippen molar-refractivity contribution in [3.05, 3.63) is 83.9 Å². The minimum Gasteiger partial charge on any atom is -0.342 e. The zero-order chi connectivity index (χ0) is 19.4. The first-order valence-corrected chi connectivity index (χ1v) is 10.3. The number of amides is 1. The van der Waals surface area contributed by atoms with E-state index in [1.807, 2.05) is 48.1 Å². The number of hydrogen-bond acceptors (Lipinski definition) is 4. The molecule has 2 aromatic carbocycles. The lowest BCUT2D eigenvalue weighted by atomic mass is 10.1. The van der Waals surface area contributed by atoms with Gasteiger partial charge in [0.2, 0.25) is 5.91 Å². The molecule has 0 aliphatic heterocycles. The number of aryl methyl sites for hydroxylation is 1. The van der Waals surface area contributed by atoms with Gasteiger partial charge in [-0.3, -0.25) is 4.79 Å². The molecule has 0 saturated heterocycles. The summed E-state index contributed by atoms with van der Waals surface area (Å²) in [5, 5.41) is 3.03. The molecular formula is C20H21N3O3S. The predicted octanol–water partition coefficient (Wildman–Crippen LogP) is 2.27. The Morgan fingerprint density at radius 1 is 1.11 bits per heavy atom. The van der Waals surface area contributed by atoms with Gasteiger partial charge in [0.15, 0.2) is 9.84 Å². The summed E-state index contributed by atoms with van der Waals surface area (Å²) in [4.78, 5) is 17.2. The molecule has 1 heterocycles. The molecule has 6 nitrogen and oxygen atoms in total. The molecule has 3 rings (SSSR count). The smallest absolute Gasteiger partial charge is 0.225 e. The van der Waals surface area contributed by atoms with Gasteiger partial charge in [0.25, 0.3) is 0 Å². The maximum absolute atomic E-state index is 12.6. The van der Waals surface area contributed by atoms with Gasteiger partial charge in [-0.2, -0.15) is 0 Å². The van der Waals surface area contributed by atoms with Crippen molar-refractivity contribution in [1.82, 2.24) is 14.9 Å². The van der Waals surface area contributed by atoms with Crippen molar-refractivity contribution in [1.29, 1.82) is 0 Å². The van der Waals surface area contributed by atoms with Crippen molar-refractivity contribution in [2.75, 3.05) is 6.26 Å². The number of benzene rings is 2. The molecule has 0 spiro atoms. The van der Waals surface area contributed by atoms with Gasteiger partial charge in [-0.25, -0.2) is 13.4 Å². The minimum absolute atomic E-state index is 0.151. The quantitative estimate of drug-likeness (QED) is 0.708. The molecule has 1 aromatic heterocycles. The summed E-state index contributed by atoms with van der Waals surface area (Å²) in [6, 6.07) is 15.6. The average molecular weight is 383 g/mol. The van der Waals surface area contributed by atoms with Crippen LogP contribution in [0.15, 0.2) is 71.9 Å².